The molecule has 1 aliphatic rings. The van der Waals surface area contributed by atoms with Crippen LogP contribution in [0.4, 0.5) is 5.69 Å². The van der Waals surface area contributed by atoms with Crippen molar-refractivity contribution in [2.24, 2.45) is 10.2 Å². The summed E-state index contributed by atoms with van der Waals surface area (Å²) in [5.74, 6) is -0.510. The highest BCUT2D eigenvalue weighted by Gasteiger charge is 2.31. The highest BCUT2D eigenvalue weighted by atomic mass is 35.5. The minimum absolute atomic E-state index is 0.00291. The third-order valence-electron chi connectivity index (χ3n) is 4.05. The first kappa shape index (κ1) is 16.2. The lowest BCUT2D eigenvalue weighted by Crippen LogP contribution is -2.35. The normalized spacial score (nSPS) is 20.7. The molecule has 0 saturated carbocycles. The highest BCUT2D eigenvalue weighted by molar-refractivity contribution is 7.16. The van der Waals surface area contributed by atoms with E-state index in [1.807, 2.05) is 30.3 Å². The van der Waals surface area contributed by atoms with Gasteiger partial charge in [0.2, 0.25) is 5.88 Å². The number of nitrogens with zero attached hydrogens (tertiary/aromatic N) is 2. The molecule has 1 saturated heterocycles. The molecule has 2 atom stereocenters. The van der Waals surface area contributed by atoms with Crippen molar-refractivity contribution >= 4 is 45.4 Å². The van der Waals surface area contributed by atoms with E-state index in [0.717, 1.165) is 10.4 Å². The minimum Gasteiger partial charge on any atom is -0.493 e. The van der Waals surface area contributed by atoms with Crippen LogP contribution in [-0.4, -0.2) is 22.0 Å². The number of H-pyrrole nitrogens is 1. The molecule has 0 bridgehead atoms. The Kier molecular flexibility index (Phi) is 4.26. The number of amides is 1. The molecular formula is C16H14ClN5O2S. The van der Waals surface area contributed by atoms with E-state index < -0.39 is 11.9 Å². The van der Waals surface area contributed by atoms with Crippen molar-refractivity contribution in [3.63, 3.8) is 0 Å². The number of carbonyl (C=O) groups excluding carboxylic acids is 1. The Labute approximate surface area is 151 Å². The number of azo groups is 1. The van der Waals surface area contributed by atoms with E-state index in [2.05, 4.69) is 26.1 Å². The molecule has 2 aromatic heterocycles. The summed E-state index contributed by atoms with van der Waals surface area (Å²) in [6.07, 6.45) is 0.550. The quantitative estimate of drug-likeness (QED) is 0.523. The number of halogens is 1. The van der Waals surface area contributed by atoms with Gasteiger partial charge in [0, 0.05) is 10.3 Å². The van der Waals surface area contributed by atoms with Gasteiger partial charge in [-0.25, -0.2) is 10.9 Å². The number of thiophene rings is 1. The van der Waals surface area contributed by atoms with Crippen molar-refractivity contribution in [3.8, 4) is 5.88 Å². The van der Waals surface area contributed by atoms with E-state index in [-0.39, 0.29) is 17.6 Å². The first-order valence-electron chi connectivity index (χ1n) is 7.63. The lowest BCUT2D eigenvalue weighted by atomic mass is 10.1. The van der Waals surface area contributed by atoms with Crippen molar-refractivity contribution in [2.75, 3.05) is 0 Å². The number of nitrogens with one attached hydrogen (secondary N) is 3. The van der Waals surface area contributed by atoms with Gasteiger partial charge >= 0.3 is 0 Å². The standard InChI is InChI=1S/C16H14ClN5O2S/c17-13-6-5-12(25-13)10-7-11(20-19-10)15(23)22-21-14-8-3-1-2-4-9(8)18-16(14)24/h1-6,10-11,18-20,24H,7H2. The molecule has 25 heavy (non-hydrogen) atoms. The second-order valence-corrected chi connectivity index (χ2v) is 7.42. The minimum atomic E-state index is -0.484. The number of hydrogen-bond acceptors (Lipinski definition) is 6. The van der Waals surface area contributed by atoms with Crippen LogP contribution >= 0.6 is 22.9 Å². The fourth-order valence-electron chi connectivity index (χ4n) is 2.80. The van der Waals surface area contributed by atoms with Crippen LogP contribution in [0.1, 0.15) is 17.3 Å². The maximum absolute atomic E-state index is 12.3. The summed E-state index contributed by atoms with van der Waals surface area (Å²) in [6, 6.07) is 10.6. The lowest BCUT2D eigenvalue weighted by Gasteiger charge is -2.04. The molecule has 2 unspecified atom stereocenters. The lowest BCUT2D eigenvalue weighted by molar-refractivity contribution is -0.120. The summed E-state index contributed by atoms with van der Waals surface area (Å²) in [5.41, 5.74) is 7.00. The van der Waals surface area contributed by atoms with Gasteiger partial charge in [-0.15, -0.1) is 21.6 Å². The molecule has 128 valence electrons. The number of para-hydroxylation sites is 1. The highest BCUT2D eigenvalue weighted by Crippen LogP contribution is 2.35. The molecule has 0 spiro atoms. The molecule has 4 rings (SSSR count). The number of aromatic hydroxyl groups is 1. The van der Waals surface area contributed by atoms with Crippen molar-refractivity contribution in [2.45, 2.75) is 18.5 Å². The smallest absolute Gasteiger partial charge is 0.282 e. The maximum atomic E-state index is 12.3. The van der Waals surface area contributed by atoms with Crippen molar-refractivity contribution < 1.29 is 9.90 Å². The first-order chi connectivity index (χ1) is 12.1. The third kappa shape index (κ3) is 3.16. The summed E-state index contributed by atoms with van der Waals surface area (Å²) in [7, 11) is 0. The fourth-order valence-corrected chi connectivity index (χ4v) is 3.93. The molecule has 9 heteroatoms. The molecule has 0 aliphatic carbocycles. The Hall–Kier alpha value is -2.26. The third-order valence-corrected chi connectivity index (χ3v) is 5.39. The Morgan fingerprint density at radius 3 is 2.88 bits per heavy atom. The molecule has 1 fully saturated rings. The number of fused-ring (bicyclic) bond motifs is 1. The van der Waals surface area contributed by atoms with Gasteiger partial charge in [-0.3, -0.25) is 4.79 Å². The van der Waals surface area contributed by atoms with Crippen LogP contribution in [-0.2, 0) is 4.79 Å². The molecule has 1 aliphatic heterocycles. The molecule has 7 nitrogen and oxygen atoms in total. The first-order valence-corrected chi connectivity index (χ1v) is 8.83. The largest absolute Gasteiger partial charge is 0.493 e. The van der Waals surface area contributed by atoms with Gasteiger partial charge in [0.15, 0.2) is 5.69 Å². The van der Waals surface area contributed by atoms with Crippen LogP contribution in [0.5, 0.6) is 5.88 Å². The molecule has 3 aromatic rings. The summed E-state index contributed by atoms with van der Waals surface area (Å²) in [4.78, 5) is 16.1. The second-order valence-electron chi connectivity index (χ2n) is 5.68. The van der Waals surface area contributed by atoms with Gasteiger partial charge < -0.3 is 10.1 Å². The zero-order valence-electron chi connectivity index (χ0n) is 12.9. The molecule has 1 aromatic carbocycles. The second kappa shape index (κ2) is 6.57. The van der Waals surface area contributed by atoms with Crippen LogP contribution in [0, 0.1) is 0 Å². The predicted octanol–water partition coefficient (Wildman–Crippen LogP) is 3.81. The molecular weight excluding hydrogens is 362 g/mol. The number of hydrazine groups is 1. The summed E-state index contributed by atoms with van der Waals surface area (Å²) in [6.45, 7) is 0. The van der Waals surface area contributed by atoms with Crippen molar-refractivity contribution in [1.82, 2.24) is 15.8 Å². The van der Waals surface area contributed by atoms with Crippen LogP contribution < -0.4 is 10.9 Å². The predicted molar refractivity (Wildman–Crippen MR) is 96.2 cm³/mol. The number of carbonyl (C=O) groups is 1. The van der Waals surface area contributed by atoms with Gasteiger partial charge in [0.25, 0.3) is 5.91 Å². The Balaban J connectivity index is 1.48. The van der Waals surface area contributed by atoms with E-state index in [9.17, 15) is 9.90 Å². The Morgan fingerprint density at radius 2 is 2.08 bits per heavy atom. The van der Waals surface area contributed by atoms with Crippen molar-refractivity contribution in [1.29, 1.82) is 0 Å². The zero-order valence-corrected chi connectivity index (χ0v) is 14.4. The van der Waals surface area contributed by atoms with Crippen LogP contribution in [0.15, 0.2) is 46.6 Å². The van der Waals surface area contributed by atoms with Crippen molar-refractivity contribution in [3.05, 3.63) is 45.6 Å². The van der Waals surface area contributed by atoms with E-state index in [4.69, 9.17) is 11.6 Å². The van der Waals surface area contributed by atoms with Crippen LogP contribution in [0.25, 0.3) is 10.9 Å². The molecule has 4 N–H and O–H groups in total. The van der Waals surface area contributed by atoms with E-state index >= 15 is 0 Å². The van der Waals surface area contributed by atoms with E-state index in [0.29, 0.717) is 16.1 Å². The Morgan fingerprint density at radius 1 is 1.24 bits per heavy atom. The monoisotopic (exact) mass is 375 g/mol. The molecule has 1 amide bonds. The van der Waals surface area contributed by atoms with Crippen LogP contribution in [0.3, 0.4) is 0 Å². The van der Waals surface area contributed by atoms with Gasteiger partial charge in [0.05, 0.1) is 15.9 Å². The summed E-state index contributed by atoms with van der Waals surface area (Å²) in [5, 5.41) is 18.4. The van der Waals surface area contributed by atoms with Gasteiger partial charge in [-0.1, -0.05) is 29.8 Å². The number of benzene rings is 1. The van der Waals surface area contributed by atoms with Gasteiger partial charge in [-0.2, -0.15) is 0 Å². The van der Waals surface area contributed by atoms with E-state index in [1.165, 1.54) is 11.3 Å². The summed E-state index contributed by atoms with van der Waals surface area (Å²) < 4.78 is 0.709. The van der Waals surface area contributed by atoms with Gasteiger partial charge in [-0.05, 0) is 24.6 Å². The number of rotatable bonds is 3. The molecule has 0 radical (unpaired) electrons. The van der Waals surface area contributed by atoms with Gasteiger partial charge in [0.1, 0.15) is 6.04 Å². The maximum Gasteiger partial charge on any atom is 0.282 e. The fraction of sp³-hybridized carbons (Fsp3) is 0.188. The number of hydrogen-bond donors (Lipinski definition) is 4. The Bertz CT molecular complexity index is 966. The SMILES string of the molecule is O=C(N=Nc1c(O)[nH]c2ccccc12)C1CC(c2ccc(Cl)s2)NN1. The number of aromatic amines is 1. The molecule has 3 heterocycles. The average molecular weight is 376 g/mol. The zero-order chi connectivity index (χ0) is 17.4. The average Bonchev–Trinajstić information content (AvgIpc) is 3.30. The number of aromatic nitrogens is 1. The topological polar surface area (TPSA) is 102 Å². The van der Waals surface area contributed by atoms with Crippen LogP contribution in [0.2, 0.25) is 4.34 Å². The van der Waals surface area contributed by atoms with E-state index in [1.54, 1.807) is 6.07 Å². The summed E-state index contributed by atoms with van der Waals surface area (Å²) >= 11 is 7.42.